The molecule has 1 aromatic carbocycles. The molecule has 13 heteroatoms. The standard InChI is InChI=1S/C7O11P2/c8-7-1-2-4-6-5(14-19(9,13-4)15-6)3(1)12-18-20(10,16-7)17-11-2. The summed E-state index contributed by atoms with van der Waals surface area (Å²) in [5.41, 5.74) is -0.342. The van der Waals surface area contributed by atoms with Crippen molar-refractivity contribution in [3.8, 4) is 28.7 Å². The summed E-state index contributed by atoms with van der Waals surface area (Å²) in [4.78, 5) is 21.4. The Morgan fingerprint density at radius 2 is 1.15 bits per heavy atom. The van der Waals surface area contributed by atoms with Crippen LogP contribution in [-0.4, -0.2) is 5.97 Å². The normalized spacial score (nSPS) is 24.3. The first-order chi connectivity index (χ1) is 9.48. The van der Waals surface area contributed by atoms with Gasteiger partial charge in [0.2, 0.25) is 28.7 Å². The predicted octanol–water partition coefficient (Wildman–Crippen LogP) is 1.87. The van der Waals surface area contributed by atoms with E-state index in [4.69, 9.17) is 23.3 Å². The molecular weight excluding hydrogens is 322 g/mol. The van der Waals surface area contributed by atoms with Gasteiger partial charge in [-0.1, -0.05) is 9.35 Å². The molecule has 4 aliphatic rings. The topological polar surface area (TPSA) is 125 Å². The van der Waals surface area contributed by atoms with E-state index in [9.17, 15) is 13.9 Å². The zero-order valence-corrected chi connectivity index (χ0v) is 10.7. The van der Waals surface area contributed by atoms with Crippen molar-refractivity contribution in [2.75, 3.05) is 0 Å². The Balaban J connectivity index is 1.91. The molecule has 0 amide bonds. The number of hydrogen-bond donors (Lipinski definition) is 0. The van der Waals surface area contributed by atoms with Gasteiger partial charge in [-0.2, -0.15) is 4.57 Å². The maximum atomic E-state index is 11.9. The first-order valence-electron chi connectivity index (χ1n) is 4.97. The van der Waals surface area contributed by atoms with E-state index in [1.165, 1.54) is 0 Å². The largest absolute Gasteiger partial charge is 0.647 e. The molecule has 0 saturated heterocycles. The molecule has 0 atom stereocenters. The first-order valence-corrected chi connectivity index (χ1v) is 7.89. The maximum Gasteiger partial charge on any atom is 0.647 e. The van der Waals surface area contributed by atoms with Crippen LogP contribution in [0.15, 0.2) is 0 Å². The Hall–Kier alpha value is -1.93. The molecule has 4 aliphatic heterocycles. The number of carbonyl (C=O) groups excluding carboxylic acids is 1. The Morgan fingerprint density at radius 1 is 0.650 bits per heavy atom. The highest BCUT2D eigenvalue weighted by Crippen LogP contribution is 2.76. The number of hydrogen-bond acceptors (Lipinski definition) is 11. The summed E-state index contributed by atoms with van der Waals surface area (Å²) in [6, 6.07) is 0. The summed E-state index contributed by atoms with van der Waals surface area (Å²) in [6.45, 7) is 0. The highest BCUT2D eigenvalue weighted by atomic mass is 31.2. The van der Waals surface area contributed by atoms with E-state index in [1.807, 2.05) is 0 Å². The summed E-state index contributed by atoms with van der Waals surface area (Å²) in [7, 11) is -8.26. The molecule has 0 aromatic heterocycles. The van der Waals surface area contributed by atoms with Gasteiger partial charge < -0.3 is 27.9 Å². The van der Waals surface area contributed by atoms with E-state index in [1.54, 1.807) is 0 Å². The van der Waals surface area contributed by atoms with Crippen molar-refractivity contribution in [1.29, 1.82) is 0 Å². The molecule has 0 radical (unpaired) electrons. The molecule has 11 nitrogen and oxygen atoms in total. The SMILES string of the molecule is O=C1OP2(=O)OOc3c4c5c(c(c31)OO2)OP(=O)(O5)O4. The van der Waals surface area contributed by atoms with Crippen LogP contribution in [0.5, 0.6) is 28.7 Å². The second kappa shape index (κ2) is 2.89. The molecule has 0 unspecified atom stereocenters. The first kappa shape index (κ1) is 10.8. The van der Waals surface area contributed by atoms with Crippen molar-refractivity contribution in [2.24, 2.45) is 0 Å². The van der Waals surface area contributed by atoms with Crippen LogP contribution in [-0.2, 0) is 23.0 Å². The molecule has 0 spiro atoms. The van der Waals surface area contributed by atoms with Crippen LogP contribution in [0.25, 0.3) is 0 Å². The van der Waals surface area contributed by atoms with Crippen molar-refractivity contribution < 1.29 is 51.1 Å². The third-order valence-electron chi connectivity index (χ3n) is 2.71. The number of fused-ring (bicyclic) bond motifs is 5. The average Bonchev–Trinajstić information content (AvgIpc) is 2.79. The highest BCUT2D eigenvalue weighted by Gasteiger charge is 2.59. The van der Waals surface area contributed by atoms with Gasteiger partial charge in [0.25, 0.3) is 0 Å². The smallest absolute Gasteiger partial charge is 0.378 e. The molecule has 0 aliphatic carbocycles. The van der Waals surface area contributed by atoms with E-state index in [-0.39, 0.29) is 34.3 Å². The van der Waals surface area contributed by atoms with Crippen LogP contribution in [0, 0.1) is 0 Å². The molecule has 0 N–H and O–H groups in total. The monoisotopic (exact) mass is 322 g/mol. The summed E-state index contributed by atoms with van der Waals surface area (Å²) < 4.78 is 51.8. The lowest BCUT2D eigenvalue weighted by atomic mass is 10.1. The van der Waals surface area contributed by atoms with Crippen LogP contribution in [0.1, 0.15) is 10.4 Å². The lowest BCUT2D eigenvalue weighted by Crippen LogP contribution is -2.08. The second-order valence-corrected chi connectivity index (χ2v) is 6.70. The van der Waals surface area contributed by atoms with Gasteiger partial charge in [-0.05, 0) is 0 Å². The fraction of sp³-hybridized carbons (Fsp3) is 0. The van der Waals surface area contributed by atoms with E-state index in [0.29, 0.717) is 0 Å². The van der Waals surface area contributed by atoms with E-state index in [2.05, 4.69) is 13.9 Å². The van der Waals surface area contributed by atoms with Crippen molar-refractivity contribution in [3.63, 3.8) is 0 Å². The van der Waals surface area contributed by atoms with Crippen molar-refractivity contribution in [3.05, 3.63) is 5.56 Å². The lowest BCUT2D eigenvalue weighted by molar-refractivity contribution is -0.190. The number of carbonyl (C=O) groups is 1. The third-order valence-corrected chi connectivity index (χ3v) is 4.83. The van der Waals surface area contributed by atoms with Crippen LogP contribution in [0.4, 0.5) is 0 Å². The van der Waals surface area contributed by atoms with E-state index in [0.717, 1.165) is 0 Å². The zero-order valence-electron chi connectivity index (χ0n) is 8.89. The number of phosphoric acid groups is 2. The molecule has 0 fully saturated rings. The molecule has 1 aromatic rings. The zero-order chi connectivity index (χ0) is 13.7. The maximum absolute atomic E-state index is 11.9. The van der Waals surface area contributed by atoms with Gasteiger partial charge in [0.05, 0.1) is 0 Å². The van der Waals surface area contributed by atoms with Gasteiger partial charge in [0.1, 0.15) is 0 Å². The number of phosphoric ester groups is 1. The molecule has 4 bridgehead atoms. The third kappa shape index (κ3) is 1.08. The van der Waals surface area contributed by atoms with E-state index < -0.39 is 21.6 Å². The summed E-state index contributed by atoms with van der Waals surface area (Å²) in [5.74, 6) is -2.26. The van der Waals surface area contributed by atoms with Crippen LogP contribution >= 0.6 is 15.6 Å². The fourth-order valence-electron chi connectivity index (χ4n) is 1.98. The average molecular weight is 322 g/mol. The summed E-state index contributed by atoms with van der Waals surface area (Å²) in [5, 5.41) is 0. The van der Waals surface area contributed by atoms with Crippen LogP contribution in [0.3, 0.4) is 0 Å². The molecule has 20 heavy (non-hydrogen) atoms. The minimum atomic E-state index is -4.40. The molecular formula is C7O11P2. The Kier molecular flexibility index (Phi) is 1.56. The van der Waals surface area contributed by atoms with Gasteiger partial charge in [-0.25, -0.2) is 9.36 Å². The van der Waals surface area contributed by atoms with Crippen molar-refractivity contribution in [2.45, 2.75) is 0 Å². The Morgan fingerprint density at radius 3 is 1.70 bits per heavy atom. The van der Waals surface area contributed by atoms with Crippen LogP contribution in [0.2, 0.25) is 0 Å². The lowest BCUT2D eigenvalue weighted by Gasteiger charge is -2.18. The molecule has 0 saturated carbocycles. The van der Waals surface area contributed by atoms with Gasteiger partial charge in [0, 0.05) is 0 Å². The van der Waals surface area contributed by atoms with E-state index >= 15 is 0 Å². The minimum absolute atomic E-state index is 0.0966. The van der Waals surface area contributed by atoms with Gasteiger partial charge in [0.15, 0.2) is 5.56 Å². The Bertz CT molecular complexity index is 764. The summed E-state index contributed by atoms with van der Waals surface area (Å²) >= 11 is 0. The predicted molar refractivity (Wildman–Crippen MR) is 52.4 cm³/mol. The number of rotatable bonds is 0. The van der Waals surface area contributed by atoms with Gasteiger partial charge in [-0.3, -0.25) is 0 Å². The van der Waals surface area contributed by atoms with Crippen molar-refractivity contribution >= 4 is 21.6 Å². The quantitative estimate of drug-likeness (QED) is 0.513. The van der Waals surface area contributed by atoms with Crippen LogP contribution < -0.4 is 23.3 Å². The van der Waals surface area contributed by atoms with Gasteiger partial charge >= 0.3 is 21.6 Å². The van der Waals surface area contributed by atoms with Gasteiger partial charge in [-0.15, -0.1) is 0 Å². The Labute approximate surface area is 108 Å². The highest BCUT2D eigenvalue weighted by molar-refractivity contribution is 7.50. The molecule has 5 rings (SSSR count). The summed E-state index contributed by atoms with van der Waals surface area (Å²) in [6.07, 6.45) is 0. The molecule has 4 heterocycles. The minimum Gasteiger partial charge on any atom is -0.378 e. The molecule has 104 valence electrons. The second-order valence-electron chi connectivity index (χ2n) is 3.88. The fourth-order valence-corrected chi connectivity index (χ4v) is 3.97. The van der Waals surface area contributed by atoms with Crippen molar-refractivity contribution in [1.82, 2.24) is 0 Å². The number of benzene rings is 1.